The molecule has 4 amide bonds. The number of anilines is 1. The molecule has 1 aromatic heterocycles. The third-order valence-corrected chi connectivity index (χ3v) is 6.20. The number of nitrogens with one attached hydrogen (secondary N) is 2. The van der Waals surface area contributed by atoms with Gasteiger partial charge in [0, 0.05) is 6.07 Å². The highest BCUT2D eigenvalue weighted by Crippen LogP contribution is 2.35. The fraction of sp³-hybridized carbons (Fsp3) is 0.368. The first kappa shape index (κ1) is 19.7. The molecule has 0 unspecified atom stereocenters. The van der Waals surface area contributed by atoms with Crippen LogP contribution in [0.1, 0.15) is 31.2 Å². The number of hydrogen-bond donors (Lipinski definition) is 2. The zero-order valence-corrected chi connectivity index (χ0v) is 17.0. The summed E-state index contributed by atoms with van der Waals surface area (Å²) in [5, 5.41) is 10.5. The smallest absolute Gasteiger partial charge is 0.323 e. The standard InChI is InChI=1S/C19H19Cl2N5O3/c20-13-5-3-4-12(16(13)21)10-26-14(6-9-22-26)23-15(27)11-25-17(28)19(24-18(25)29)7-1-2-8-19/h3-6,9H,1-2,7-8,10-11H2,(H,23,27)(H,24,29). The minimum Gasteiger partial charge on any atom is -0.323 e. The van der Waals surface area contributed by atoms with Crippen LogP contribution in [0.15, 0.2) is 30.5 Å². The van der Waals surface area contributed by atoms with Gasteiger partial charge < -0.3 is 10.6 Å². The van der Waals surface area contributed by atoms with Crippen LogP contribution >= 0.6 is 23.2 Å². The van der Waals surface area contributed by atoms with Crippen molar-refractivity contribution < 1.29 is 14.4 Å². The van der Waals surface area contributed by atoms with Crippen molar-refractivity contribution >= 4 is 46.9 Å². The number of halogens is 2. The van der Waals surface area contributed by atoms with Gasteiger partial charge in [0.05, 0.1) is 22.8 Å². The molecule has 2 N–H and O–H groups in total. The molecule has 1 aliphatic heterocycles. The quantitative estimate of drug-likeness (QED) is 0.705. The normalized spacial score (nSPS) is 17.8. The van der Waals surface area contributed by atoms with Gasteiger partial charge in [-0.3, -0.25) is 14.5 Å². The summed E-state index contributed by atoms with van der Waals surface area (Å²) < 4.78 is 1.56. The number of nitrogens with zero attached hydrogens (tertiary/aromatic N) is 3. The molecule has 4 rings (SSSR count). The monoisotopic (exact) mass is 435 g/mol. The molecule has 29 heavy (non-hydrogen) atoms. The minimum absolute atomic E-state index is 0.300. The topological polar surface area (TPSA) is 96.3 Å². The van der Waals surface area contributed by atoms with Crippen molar-refractivity contribution in [1.29, 1.82) is 0 Å². The van der Waals surface area contributed by atoms with E-state index in [1.807, 2.05) is 6.07 Å². The third-order valence-electron chi connectivity index (χ3n) is 5.34. The van der Waals surface area contributed by atoms with Gasteiger partial charge in [-0.2, -0.15) is 5.10 Å². The molecule has 152 valence electrons. The van der Waals surface area contributed by atoms with E-state index >= 15 is 0 Å². The van der Waals surface area contributed by atoms with Crippen LogP contribution in [-0.2, 0) is 16.1 Å². The van der Waals surface area contributed by atoms with E-state index in [1.165, 1.54) is 6.20 Å². The molecule has 8 nitrogen and oxygen atoms in total. The lowest BCUT2D eigenvalue weighted by atomic mass is 9.98. The Balaban J connectivity index is 1.43. The van der Waals surface area contributed by atoms with Gasteiger partial charge in [-0.25, -0.2) is 9.48 Å². The number of urea groups is 1. The molecule has 1 aliphatic carbocycles. The summed E-state index contributed by atoms with van der Waals surface area (Å²) in [5.74, 6) is -0.384. The maximum Gasteiger partial charge on any atom is 0.325 e. The molecule has 1 spiro atoms. The fourth-order valence-electron chi connectivity index (χ4n) is 3.86. The molecular weight excluding hydrogens is 417 g/mol. The predicted molar refractivity (Wildman–Crippen MR) is 108 cm³/mol. The molecule has 1 saturated carbocycles. The molecule has 0 radical (unpaired) electrons. The first-order valence-electron chi connectivity index (χ1n) is 9.28. The Kier molecular flexibility index (Phi) is 5.23. The highest BCUT2D eigenvalue weighted by Gasteiger charge is 2.52. The van der Waals surface area contributed by atoms with Crippen molar-refractivity contribution in [3.05, 3.63) is 46.1 Å². The van der Waals surface area contributed by atoms with E-state index in [2.05, 4.69) is 15.7 Å². The van der Waals surface area contributed by atoms with E-state index in [-0.39, 0.29) is 12.5 Å². The zero-order valence-electron chi connectivity index (χ0n) is 15.5. The lowest BCUT2D eigenvalue weighted by Crippen LogP contribution is -2.44. The molecule has 1 aromatic carbocycles. The van der Waals surface area contributed by atoms with E-state index in [4.69, 9.17) is 23.2 Å². The largest absolute Gasteiger partial charge is 0.325 e. The van der Waals surface area contributed by atoms with Crippen LogP contribution < -0.4 is 10.6 Å². The second kappa shape index (κ2) is 7.68. The molecule has 0 bridgehead atoms. The van der Waals surface area contributed by atoms with Gasteiger partial charge in [0.1, 0.15) is 17.9 Å². The number of rotatable bonds is 5. The van der Waals surface area contributed by atoms with Crippen LogP contribution in [-0.4, -0.2) is 44.6 Å². The van der Waals surface area contributed by atoms with Crippen LogP contribution in [0.3, 0.4) is 0 Å². The van der Waals surface area contributed by atoms with E-state index in [0.717, 1.165) is 23.3 Å². The second-order valence-electron chi connectivity index (χ2n) is 7.25. The molecule has 2 aromatic rings. The van der Waals surface area contributed by atoms with Crippen LogP contribution in [0.5, 0.6) is 0 Å². The molecule has 2 heterocycles. The Morgan fingerprint density at radius 3 is 2.72 bits per heavy atom. The molecule has 1 saturated heterocycles. The van der Waals surface area contributed by atoms with Gasteiger partial charge in [-0.05, 0) is 24.5 Å². The van der Waals surface area contributed by atoms with Crippen molar-refractivity contribution in [2.24, 2.45) is 0 Å². The number of amides is 4. The van der Waals surface area contributed by atoms with Gasteiger partial charge in [-0.15, -0.1) is 0 Å². The van der Waals surface area contributed by atoms with Gasteiger partial charge in [0.25, 0.3) is 5.91 Å². The molecule has 2 aliphatic rings. The van der Waals surface area contributed by atoms with Crippen LogP contribution in [0.25, 0.3) is 0 Å². The number of aromatic nitrogens is 2. The van der Waals surface area contributed by atoms with E-state index < -0.39 is 17.5 Å². The average Bonchev–Trinajstić information content (AvgIpc) is 3.38. The lowest BCUT2D eigenvalue weighted by molar-refractivity contribution is -0.133. The highest BCUT2D eigenvalue weighted by atomic mass is 35.5. The van der Waals surface area contributed by atoms with Crippen molar-refractivity contribution in [1.82, 2.24) is 20.0 Å². The summed E-state index contributed by atoms with van der Waals surface area (Å²) in [4.78, 5) is 38.4. The maximum atomic E-state index is 12.7. The van der Waals surface area contributed by atoms with Crippen molar-refractivity contribution in [3.63, 3.8) is 0 Å². The number of benzene rings is 1. The van der Waals surface area contributed by atoms with Gasteiger partial charge >= 0.3 is 6.03 Å². The Bertz CT molecular complexity index is 984. The van der Waals surface area contributed by atoms with E-state index in [1.54, 1.807) is 22.9 Å². The minimum atomic E-state index is -0.831. The van der Waals surface area contributed by atoms with Gasteiger partial charge in [0.2, 0.25) is 5.91 Å². The van der Waals surface area contributed by atoms with Gasteiger partial charge in [0.15, 0.2) is 0 Å². The number of hydrogen-bond acceptors (Lipinski definition) is 4. The van der Waals surface area contributed by atoms with E-state index in [0.29, 0.717) is 35.2 Å². The van der Waals surface area contributed by atoms with Crippen molar-refractivity contribution in [3.8, 4) is 0 Å². The summed E-state index contributed by atoms with van der Waals surface area (Å²) in [7, 11) is 0. The summed E-state index contributed by atoms with van der Waals surface area (Å²) >= 11 is 12.3. The first-order valence-corrected chi connectivity index (χ1v) is 10.0. The summed E-state index contributed by atoms with van der Waals surface area (Å²) in [6, 6.07) is 6.39. The number of carbonyl (C=O) groups is 3. The number of carbonyl (C=O) groups excluding carboxylic acids is 3. The zero-order chi connectivity index (χ0) is 20.6. The molecule has 10 heteroatoms. The average molecular weight is 436 g/mol. The summed E-state index contributed by atoms with van der Waals surface area (Å²) in [5.41, 5.74) is -0.0849. The van der Waals surface area contributed by atoms with Crippen molar-refractivity contribution in [2.45, 2.75) is 37.8 Å². The lowest BCUT2D eigenvalue weighted by Gasteiger charge is -2.19. The first-order chi connectivity index (χ1) is 13.9. The van der Waals surface area contributed by atoms with Crippen LogP contribution in [0.4, 0.5) is 10.6 Å². The molecule has 0 atom stereocenters. The van der Waals surface area contributed by atoms with Gasteiger partial charge in [-0.1, -0.05) is 48.2 Å². The number of imide groups is 1. The third kappa shape index (κ3) is 3.70. The Morgan fingerprint density at radius 1 is 1.21 bits per heavy atom. The summed E-state index contributed by atoms with van der Waals surface area (Å²) in [6.45, 7) is -0.0518. The maximum absolute atomic E-state index is 12.7. The van der Waals surface area contributed by atoms with Crippen molar-refractivity contribution in [2.75, 3.05) is 11.9 Å². The Hall–Kier alpha value is -2.58. The predicted octanol–water partition coefficient (Wildman–Crippen LogP) is 3.04. The highest BCUT2D eigenvalue weighted by molar-refractivity contribution is 6.42. The van der Waals surface area contributed by atoms with Crippen LogP contribution in [0, 0.1) is 0 Å². The van der Waals surface area contributed by atoms with E-state index in [9.17, 15) is 14.4 Å². The SMILES string of the molecule is O=C(CN1C(=O)NC2(CCCC2)C1=O)Nc1ccnn1Cc1cccc(Cl)c1Cl. The van der Waals surface area contributed by atoms with Crippen LogP contribution in [0.2, 0.25) is 10.0 Å². The second-order valence-corrected chi connectivity index (χ2v) is 8.03. The molecule has 2 fully saturated rings. The Morgan fingerprint density at radius 2 is 1.97 bits per heavy atom. The molecular formula is C19H19Cl2N5O3. The fourth-order valence-corrected chi connectivity index (χ4v) is 4.24. The Labute approximate surface area is 177 Å². The summed E-state index contributed by atoms with van der Waals surface area (Å²) in [6.07, 6.45) is 4.54.